The number of benzene rings is 1. The molecule has 0 spiro atoms. The van der Waals surface area contributed by atoms with E-state index in [1.807, 2.05) is 0 Å². The Morgan fingerprint density at radius 3 is 2.77 bits per heavy atom. The fraction of sp³-hybridized carbons (Fsp3) is 0.471. The van der Waals surface area contributed by atoms with E-state index < -0.39 is 28.0 Å². The molecule has 1 unspecified atom stereocenters. The van der Waals surface area contributed by atoms with Crippen LogP contribution in [0.5, 0.6) is 0 Å². The molecule has 1 aromatic carbocycles. The second-order valence-corrected chi connectivity index (χ2v) is 8.27. The van der Waals surface area contributed by atoms with Gasteiger partial charge in [-0.15, -0.1) is 4.40 Å². The van der Waals surface area contributed by atoms with E-state index in [1.54, 1.807) is 37.1 Å². The maximum atomic E-state index is 12.8. The number of likely N-dealkylation sites (tertiary alicyclic amines) is 1. The number of carboxylic acids is 1. The van der Waals surface area contributed by atoms with Gasteiger partial charge < -0.3 is 14.9 Å². The fourth-order valence-electron chi connectivity index (χ4n) is 3.41. The van der Waals surface area contributed by atoms with Gasteiger partial charge in [-0.05, 0) is 25.0 Å². The molecule has 2 aliphatic heterocycles. The van der Waals surface area contributed by atoms with Gasteiger partial charge in [-0.2, -0.15) is 8.42 Å². The van der Waals surface area contributed by atoms with Crippen molar-refractivity contribution in [3.05, 3.63) is 29.8 Å². The molecule has 26 heavy (non-hydrogen) atoms. The van der Waals surface area contributed by atoms with Crippen LogP contribution in [0.1, 0.15) is 25.3 Å². The van der Waals surface area contributed by atoms with Gasteiger partial charge in [-0.3, -0.25) is 9.59 Å². The third-order valence-electron chi connectivity index (χ3n) is 4.77. The number of hydrogen-bond donors (Lipinski definition) is 1. The van der Waals surface area contributed by atoms with Crippen molar-refractivity contribution in [1.29, 1.82) is 0 Å². The molecule has 1 fully saturated rings. The maximum absolute atomic E-state index is 12.8. The molecule has 8 nitrogen and oxygen atoms in total. The summed E-state index contributed by atoms with van der Waals surface area (Å²) < 4.78 is 28.5. The molecule has 0 bridgehead atoms. The second-order valence-electron chi connectivity index (χ2n) is 6.70. The van der Waals surface area contributed by atoms with Gasteiger partial charge in [-0.1, -0.05) is 19.1 Å². The van der Waals surface area contributed by atoms with Crippen molar-refractivity contribution >= 4 is 27.7 Å². The Kier molecular flexibility index (Phi) is 4.74. The Bertz CT molecular complexity index is 880. The summed E-state index contributed by atoms with van der Waals surface area (Å²) in [6, 6.07) is 6.04. The highest BCUT2D eigenvalue weighted by atomic mass is 32.2. The van der Waals surface area contributed by atoms with Crippen molar-refractivity contribution in [1.82, 2.24) is 9.80 Å². The van der Waals surface area contributed by atoms with Gasteiger partial charge in [0.1, 0.15) is 10.9 Å². The molecule has 2 atom stereocenters. The predicted molar refractivity (Wildman–Crippen MR) is 94.3 cm³/mol. The van der Waals surface area contributed by atoms with E-state index in [0.717, 1.165) is 6.42 Å². The summed E-state index contributed by atoms with van der Waals surface area (Å²) in [6.07, 6.45) is 1.31. The topological polar surface area (TPSA) is 107 Å². The Balaban J connectivity index is 1.86. The minimum absolute atomic E-state index is 0.0971. The summed E-state index contributed by atoms with van der Waals surface area (Å²) >= 11 is 0. The normalized spacial score (nSPS) is 21.8. The summed E-state index contributed by atoms with van der Waals surface area (Å²) in [4.78, 5) is 27.1. The fourth-order valence-corrected chi connectivity index (χ4v) is 4.62. The molecule has 9 heteroatoms. The summed E-state index contributed by atoms with van der Waals surface area (Å²) in [6.45, 7) is 2.17. The van der Waals surface area contributed by atoms with Crippen LogP contribution in [0.15, 0.2) is 33.6 Å². The Morgan fingerprint density at radius 1 is 1.38 bits per heavy atom. The van der Waals surface area contributed by atoms with E-state index in [4.69, 9.17) is 5.11 Å². The first-order valence-electron chi connectivity index (χ1n) is 8.41. The SMILES string of the molecule is CC(CN(C)C(=O)[C@@H]1CCCN1C1=NS(=O)(=O)c2ccccc21)C(=O)O. The number of amidine groups is 1. The number of fused-ring (bicyclic) bond motifs is 1. The molecular weight excluding hydrogens is 358 g/mol. The summed E-state index contributed by atoms with van der Waals surface area (Å²) in [5, 5.41) is 9.04. The van der Waals surface area contributed by atoms with Gasteiger partial charge in [0, 0.05) is 25.7 Å². The van der Waals surface area contributed by atoms with Crippen LogP contribution in [0.2, 0.25) is 0 Å². The molecule has 0 radical (unpaired) electrons. The number of carbonyl (C=O) groups excluding carboxylic acids is 1. The minimum atomic E-state index is -3.75. The van der Waals surface area contributed by atoms with Gasteiger partial charge in [0.05, 0.1) is 5.92 Å². The zero-order chi connectivity index (χ0) is 19.1. The highest BCUT2D eigenvalue weighted by Gasteiger charge is 2.40. The zero-order valence-corrected chi connectivity index (χ0v) is 15.4. The lowest BCUT2D eigenvalue weighted by Crippen LogP contribution is -2.48. The minimum Gasteiger partial charge on any atom is -0.481 e. The van der Waals surface area contributed by atoms with Gasteiger partial charge in [0.25, 0.3) is 10.0 Å². The summed E-state index contributed by atoms with van der Waals surface area (Å²) in [5.41, 5.74) is 0.508. The summed E-state index contributed by atoms with van der Waals surface area (Å²) in [5.74, 6) is -1.56. The maximum Gasteiger partial charge on any atom is 0.308 e. The molecule has 1 N–H and O–H groups in total. The van der Waals surface area contributed by atoms with Crippen molar-refractivity contribution < 1.29 is 23.1 Å². The molecule has 140 valence electrons. The molecule has 0 aliphatic carbocycles. The quantitative estimate of drug-likeness (QED) is 0.828. The van der Waals surface area contributed by atoms with Crippen molar-refractivity contribution in [3.63, 3.8) is 0 Å². The van der Waals surface area contributed by atoms with Crippen molar-refractivity contribution in [2.24, 2.45) is 10.3 Å². The highest BCUT2D eigenvalue weighted by molar-refractivity contribution is 7.90. The molecule has 0 aromatic heterocycles. The number of nitrogens with zero attached hydrogens (tertiary/aromatic N) is 3. The number of sulfonamides is 1. The molecule has 2 aliphatic rings. The lowest BCUT2D eigenvalue weighted by atomic mass is 10.1. The average Bonchev–Trinajstić information content (AvgIpc) is 3.17. The van der Waals surface area contributed by atoms with Gasteiger partial charge in [0.2, 0.25) is 5.91 Å². The van der Waals surface area contributed by atoms with E-state index >= 15 is 0 Å². The number of aliphatic carboxylic acids is 1. The van der Waals surface area contributed by atoms with E-state index in [-0.39, 0.29) is 17.3 Å². The van der Waals surface area contributed by atoms with Crippen LogP contribution in [-0.2, 0) is 19.6 Å². The van der Waals surface area contributed by atoms with Crippen LogP contribution >= 0.6 is 0 Å². The molecule has 1 aromatic rings. The van der Waals surface area contributed by atoms with Gasteiger partial charge in [0.15, 0.2) is 5.84 Å². The highest BCUT2D eigenvalue weighted by Crippen LogP contribution is 2.31. The Labute approximate surface area is 152 Å². The first-order chi connectivity index (χ1) is 12.2. The van der Waals surface area contributed by atoms with E-state index in [9.17, 15) is 18.0 Å². The monoisotopic (exact) mass is 379 g/mol. The van der Waals surface area contributed by atoms with E-state index in [0.29, 0.717) is 24.4 Å². The van der Waals surface area contributed by atoms with E-state index in [1.165, 1.54) is 11.0 Å². The number of hydrogen-bond acceptors (Lipinski definition) is 5. The number of carboxylic acid groups (broad SMARTS) is 1. The number of carbonyl (C=O) groups is 2. The van der Waals surface area contributed by atoms with Gasteiger partial charge >= 0.3 is 5.97 Å². The standard InChI is InChI=1S/C17H21N3O5S/c1-11(17(22)23)10-19(2)16(21)13-7-5-9-20(13)15-12-6-3-4-8-14(12)26(24,25)18-15/h3-4,6,8,11,13H,5,7,9-10H2,1-2H3,(H,22,23)/t11?,13-/m0/s1. The Hall–Kier alpha value is -2.42. The van der Waals surface area contributed by atoms with Crippen LogP contribution < -0.4 is 0 Å². The Morgan fingerprint density at radius 2 is 2.08 bits per heavy atom. The molecule has 1 saturated heterocycles. The van der Waals surface area contributed by atoms with Crippen molar-refractivity contribution in [3.8, 4) is 0 Å². The largest absolute Gasteiger partial charge is 0.481 e. The first kappa shape index (κ1) is 18.4. The smallest absolute Gasteiger partial charge is 0.308 e. The van der Waals surface area contributed by atoms with Crippen LogP contribution in [-0.4, -0.2) is 67.2 Å². The second kappa shape index (κ2) is 6.71. The van der Waals surface area contributed by atoms with Crippen LogP contribution in [0.25, 0.3) is 0 Å². The zero-order valence-electron chi connectivity index (χ0n) is 14.6. The summed E-state index contributed by atoms with van der Waals surface area (Å²) in [7, 11) is -2.18. The molecule has 2 heterocycles. The lowest BCUT2D eigenvalue weighted by Gasteiger charge is -2.30. The molecular formula is C17H21N3O5S. The first-order valence-corrected chi connectivity index (χ1v) is 9.85. The van der Waals surface area contributed by atoms with Crippen molar-refractivity contribution in [2.45, 2.75) is 30.7 Å². The number of rotatable bonds is 4. The third-order valence-corrected chi connectivity index (χ3v) is 6.09. The molecule has 1 amide bonds. The molecule has 3 rings (SSSR count). The third kappa shape index (κ3) is 3.18. The number of amides is 1. The molecule has 0 saturated carbocycles. The lowest BCUT2D eigenvalue weighted by molar-refractivity contribution is -0.143. The number of likely N-dealkylation sites (N-methyl/N-ethyl adjacent to an activating group) is 1. The van der Waals surface area contributed by atoms with Gasteiger partial charge in [-0.25, -0.2) is 0 Å². The van der Waals surface area contributed by atoms with Crippen LogP contribution in [0, 0.1) is 5.92 Å². The van der Waals surface area contributed by atoms with Crippen LogP contribution in [0.4, 0.5) is 0 Å². The van der Waals surface area contributed by atoms with Crippen LogP contribution in [0.3, 0.4) is 0 Å². The van der Waals surface area contributed by atoms with Crippen molar-refractivity contribution in [2.75, 3.05) is 20.1 Å². The van der Waals surface area contributed by atoms with E-state index in [2.05, 4.69) is 4.40 Å². The predicted octanol–water partition coefficient (Wildman–Crippen LogP) is 0.779. The average molecular weight is 379 g/mol.